The smallest absolute Gasteiger partial charge is 0.191 e. The lowest BCUT2D eigenvalue weighted by Gasteiger charge is -2.29. The Labute approximate surface area is 185 Å². The zero-order valence-corrected chi connectivity index (χ0v) is 19.7. The van der Waals surface area contributed by atoms with E-state index in [0.29, 0.717) is 6.04 Å². The first-order chi connectivity index (χ1) is 13.1. The fourth-order valence-corrected chi connectivity index (χ4v) is 3.85. The molecule has 1 saturated heterocycles. The van der Waals surface area contributed by atoms with Gasteiger partial charge in [-0.2, -0.15) is 5.10 Å². The predicted molar refractivity (Wildman–Crippen MR) is 126 cm³/mol. The van der Waals surface area contributed by atoms with Crippen molar-refractivity contribution in [2.24, 2.45) is 12.0 Å². The SMILES string of the molecule is CN=C(NCc1c(C)nn(C)c1C)NCC(c1ccccc1)N1CCCC1.I. The van der Waals surface area contributed by atoms with E-state index >= 15 is 0 Å². The van der Waals surface area contributed by atoms with Gasteiger partial charge < -0.3 is 10.6 Å². The molecule has 0 aliphatic carbocycles. The molecule has 2 aromatic rings. The highest BCUT2D eigenvalue weighted by atomic mass is 127. The molecule has 1 atom stereocenters. The number of nitrogens with one attached hydrogen (secondary N) is 2. The number of benzene rings is 1. The molecule has 1 aromatic carbocycles. The van der Waals surface area contributed by atoms with Gasteiger partial charge in [0.25, 0.3) is 0 Å². The second kappa shape index (κ2) is 10.8. The van der Waals surface area contributed by atoms with Crippen LogP contribution in [0.15, 0.2) is 35.3 Å². The standard InChI is InChI=1S/C21H32N6.HI/c1-16-19(17(2)26(4)25-16)14-23-21(22-3)24-15-20(27-12-8-9-13-27)18-10-6-5-7-11-18;/h5-7,10-11,20H,8-9,12-15H2,1-4H3,(H2,22,23,24);1H. The zero-order valence-electron chi connectivity index (χ0n) is 17.4. The maximum Gasteiger partial charge on any atom is 0.191 e. The van der Waals surface area contributed by atoms with Gasteiger partial charge in [0.05, 0.1) is 11.7 Å². The maximum atomic E-state index is 4.49. The predicted octanol–water partition coefficient (Wildman–Crippen LogP) is 3.16. The van der Waals surface area contributed by atoms with Crippen molar-refractivity contribution in [3.05, 3.63) is 52.8 Å². The fraction of sp³-hybridized carbons (Fsp3) is 0.524. The lowest BCUT2D eigenvalue weighted by atomic mass is 10.1. The van der Waals surface area contributed by atoms with Crippen molar-refractivity contribution in [3.63, 3.8) is 0 Å². The summed E-state index contributed by atoms with van der Waals surface area (Å²) in [5, 5.41) is 11.5. The van der Waals surface area contributed by atoms with Crippen molar-refractivity contribution in [3.8, 4) is 0 Å². The Morgan fingerprint density at radius 1 is 1.14 bits per heavy atom. The van der Waals surface area contributed by atoms with Gasteiger partial charge >= 0.3 is 0 Å². The van der Waals surface area contributed by atoms with E-state index in [1.165, 1.54) is 42.8 Å². The number of likely N-dealkylation sites (tertiary alicyclic amines) is 1. The van der Waals surface area contributed by atoms with Gasteiger partial charge in [0.1, 0.15) is 0 Å². The lowest BCUT2D eigenvalue weighted by Crippen LogP contribution is -2.42. The van der Waals surface area contributed by atoms with Crippen molar-refractivity contribution in [1.29, 1.82) is 0 Å². The summed E-state index contributed by atoms with van der Waals surface area (Å²) in [6, 6.07) is 11.1. The molecule has 2 N–H and O–H groups in total. The van der Waals surface area contributed by atoms with Gasteiger partial charge in [0.2, 0.25) is 0 Å². The minimum Gasteiger partial charge on any atom is -0.354 e. The molecule has 0 saturated carbocycles. The summed E-state index contributed by atoms with van der Waals surface area (Å²) >= 11 is 0. The van der Waals surface area contributed by atoms with Crippen LogP contribution in [0.25, 0.3) is 0 Å². The van der Waals surface area contributed by atoms with Crippen LogP contribution in [0.1, 0.15) is 41.4 Å². The molecule has 6 nitrogen and oxygen atoms in total. The number of rotatable bonds is 6. The van der Waals surface area contributed by atoms with E-state index in [0.717, 1.165) is 24.7 Å². The van der Waals surface area contributed by atoms with E-state index in [2.05, 4.69) is 69.8 Å². The molecule has 3 rings (SSSR count). The molecule has 1 unspecified atom stereocenters. The van der Waals surface area contributed by atoms with Gasteiger partial charge in [0, 0.05) is 38.4 Å². The van der Waals surface area contributed by atoms with Crippen LogP contribution >= 0.6 is 24.0 Å². The number of hydrogen-bond donors (Lipinski definition) is 2. The number of aromatic nitrogens is 2. The Kier molecular flexibility index (Phi) is 8.75. The molecule has 0 bridgehead atoms. The average molecular weight is 496 g/mol. The van der Waals surface area contributed by atoms with Gasteiger partial charge in [-0.25, -0.2) is 0 Å². The van der Waals surface area contributed by atoms with E-state index in [4.69, 9.17) is 0 Å². The molecule has 0 amide bonds. The Balaban J connectivity index is 0.00000280. The van der Waals surface area contributed by atoms with Gasteiger partial charge in [-0.15, -0.1) is 24.0 Å². The molecular formula is C21H33IN6. The number of aliphatic imine (C=N–C) groups is 1. The third kappa shape index (κ3) is 5.47. The molecule has 1 aliphatic rings. The Bertz CT molecular complexity index is 765. The summed E-state index contributed by atoms with van der Waals surface area (Å²) < 4.78 is 1.93. The van der Waals surface area contributed by atoms with Crippen LogP contribution in [0, 0.1) is 13.8 Å². The van der Waals surface area contributed by atoms with Crippen LogP contribution in [-0.2, 0) is 13.6 Å². The zero-order chi connectivity index (χ0) is 19.2. The number of halogens is 1. The minimum atomic E-state index is 0. The fourth-order valence-electron chi connectivity index (χ4n) is 3.85. The van der Waals surface area contributed by atoms with Crippen molar-refractivity contribution >= 4 is 29.9 Å². The number of guanidine groups is 1. The Hall–Kier alpha value is -1.61. The van der Waals surface area contributed by atoms with Gasteiger partial charge in [-0.1, -0.05) is 30.3 Å². The largest absolute Gasteiger partial charge is 0.354 e. The number of aryl methyl sites for hydroxylation is 2. The molecule has 28 heavy (non-hydrogen) atoms. The summed E-state index contributed by atoms with van der Waals surface area (Å²) in [4.78, 5) is 6.98. The monoisotopic (exact) mass is 496 g/mol. The first-order valence-corrected chi connectivity index (χ1v) is 9.82. The maximum absolute atomic E-state index is 4.49. The molecule has 154 valence electrons. The van der Waals surface area contributed by atoms with E-state index in [-0.39, 0.29) is 24.0 Å². The first kappa shape index (κ1) is 22.7. The first-order valence-electron chi connectivity index (χ1n) is 9.82. The van der Waals surface area contributed by atoms with Crippen molar-refractivity contribution in [2.45, 2.75) is 39.3 Å². The average Bonchev–Trinajstić information content (AvgIpc) is 3.29. The third-order valence-corrected chi connectivity index (χ3v) is 5.54. The Morgan fingerprint density at radius 3 is 2.39 bits per heavy atom. The quantitative estimate of drug-likeness (QED) is 0.367. The van der Waals surface area contributed by atoms with Crippen LogP contribution in [0.4, 0.5) is 0 Å². The Morgan fingerprint density at radius 2 is 1.82 bits per heavy atom. The van der Waals surface area contributed by atoms with Crippen LogP contribution in [-0.4, -0.2) is 47.3 Å². The number of nitrogens with zero attached hydrogens (tertiary/aromatic N) is 4. The van der Waals surface area contributed by atoms with Crippen LogP contribution in [0.2, 0.25) is 0 Å². The lowest BCUT2D eigenvalue weighted by molar-refractivity contribution is 0.245. The molecule has 1 fully saturated rings. The van der Waals surface area contributed by atoms with Crippen LogP contribution in [0.3, 0.4) is 0 Å². The van der Waals surface area contributed by atoms with E-state index in [9.17, 15) is 0 Å². The highest BCUT2D eigenvalue weighted by Crippen LogP contribution is 2.24. The summed E-state index contributed by atoms with van der Waals surface area (Å²) in [5.74, 6) is 0.831. The minimum absolute atomic E-state index is 0. The van der Waals surface area contributed by atoms with E-state index in [1.807, 2.05) is 18.8 Å². The summed E-state index contributed by atoms with van der Waals surface area (Å²) in [5.41, 5.74) is 4.85. The van der Waals surface area contributed by atoms with Gasteiger partial charge in [-0.05, 0) is 45.3 Å². The number of hydrogen-bond acceptors (Lipinski definition) is 3. The molecule has 0 radical (unpaired) electrons. The van der Waals surface area contributed by atoms with Crippen LogP contribution < -0.4 is 10.6 Å². The second-order valence-corrected chi connectivity index (χ2v) is 7.25. The normalized spacial score (nSPS) is 15.9. The van der Waals surface area contributed by atoms with Gasteiger partial charge in [-0.3, -0.25) is 14.6 Å². The topological polar surface area (TPSA) is 57.5 Å². The molecule has 1 aliphatic heterocycles. The molecule has 1 aromatic heterocycles. The summed E-state index contributed by atoms with van der Waals surface area (Å²) in [7, 11) is 3.81. The van der Waals surface area contributed by atoms with Crippen LogP contribution in [0.5, 0.6) is 0 Å². The summed E-state index contributed by atoms with van der Waals surface area (Å²) in [6.07, 6.45) is 2.58. The molecule has 0 spiro atoms. The van der Waals surface area contributed by atoms with Gasteiger partial charge in [0.15, 0.2) is 5.96 Å². The highest BCUT2D eigenvalue weighted by Gasteiger charge is 2.23. The summed E-state index contributed by atoms with van der Waals surface area (Å²) in [6.45, 7) is 8.06. The van der Waals surface area contributed by atoms with Crippen molar-refractivity contribution < 1.29 is 0 Å². The van der Waals surface area contributed by atoms with E-state index in [1.54, 1.807) is 0 Å². The van der Waals surface area contributed by atoms with Crippen molar-refractivity contribution in [1.82, 2.24) is 25.3 Å². The van der Waals surface area contributed by atoms with E-state index < -0.39 is 0 Å². The molecule has 2 heterocycles. The molecular weight excluding hydrogens is 463 g/mol. The second-order valence-electron chi connectivity index (χ2n) is 7.25. The highest BCUT2D eigenvalue weighted by molar-refractivity contribution is 14.0. The third-order valence-electron chi connectivity index (χ3n) is 5.54. The molecule has 7 heteroatoms. The van der Waals surface area contributed by atoms with Crippen molar-refractivity contribution in [2.75, 3.05) is 26.7 Å².